The van der Waals surface area contributed by atoms with E-state index in [9.17, 15) is 4.39 Å². The van der Waals surface area contributed by atoms with Gasteiger partial charge < -0.3 is 5.32 Å². The van der Waals surface area contributed by atoms with Crippen molar-refractivity contribution in [2.24, 2.45) is 0 Å². The summed E-state index contributed by atoms with van der Waals surface area (Å²) in [7, 11) is 0. The Morgan fingerprint density at radius 3 is 2.64 bits per heavy atom. The lowest BCUT2D eigenvalue weighted by molar-refractivity contribution is 0.125. The highest BCUT2D eigenvalue weighted by atomic mass is 19.1. The van der Waals surface area contributed by atoms with Gasteiger partial charge in [-0.1, -0.05) is 30.3 Å². The van der Waals surface area contributed by atoms with E-state index in [2.05, 4.69) is 17.4 Å². The molecule has 0 spiro atoms. The van der Waals surface area contributed by atoms with Crippen LogP contribution in [-0.4, -0.2) is 12.2 Å². The van der Waals surface area contributed by atoms with Crippen molar-refractivity contribution in [3.8, 4) is 0 Å². The Balaban J connectivity index is 2.03. The van der Waals surface area contributed by atoms with Gasteiger partial charge in [0, 0.05) is 12.6 Å². The fourth-order valence-corrected chi connectivity index (χ4v) is 1.94. The normalized spacial score (nSPS) is 32.9. The lowest BCUT2D eigenvalue weighted by atomic mass is 9.90. The molecule has 0 unspecified atom stereocenters. The molecule has 76 valence electrons. The first-order valence-electron chi connectivity index (χ1n) is 5.15. The second-order valence-corrected chi connectivity index (χ2v) is 4.30. The maximum absolute atomic E-state index is 13.5. The summed E-state index contributed by atoms with van der Waals surface area (Å²) in [5.74, 6) is 0. The molecule has 14 heavy (non-hydrogen) atoms. The summed E-state index contributed by atoms with van der Waals surface area (Å²) >= 11 is 0. The molecule has 1 aliphatic rings. The van der Waals surface area contributed by atoms with Gasteiger partial charge in [0.2, 0.25) is 0 Å². The Labute approximate surface area is 84.3 Å². The van der Waals surface area contributed by atoms with Crippen LogP contribution in [0.25, 0.3) is 0 Å². The summed E-state index contributed by atoms with van der Waals surface area (Å²) < 4.78 is 13.5. The third-order valence-corrected chi connectivity index (χ3v) is 2.87. The average Bonchev–Trinajstić information content (AvgIpc) is 2.19. The van der Waals surface area contributed by atoms with Crippen molar-refractivity contribution in [3.05, 3.63) is 35.9 Å². The molecule has 0 saturated carbocycles. The zero-order chi connectivity index (χ0) is 10.0. The lowest BCUT2D eigenvalue weighted by Gasteiger charge is -2.32. The Morgan fingerprint density at radius 2 is 2.07 bits per heavy atom. The van der Waals surface area contributed by atoms with E-state index in [1.165, 1.54) is 5.56 Å². The molecule has 0 radical (unpaired) electrons. The van der Waals surface area contributed by atoms with Gasteiger partial charge in [0.15, 0.2) is 0 Å². The fourth-order valence-electron chi connectivity index (χ4n) is 1.94. The third-order valence-electron chi connectivity index (χ3n) is 2.87. The van der Waals surface area contributed by atoms with Crippen molar-refractivity contribution in [2.75, 3.05) is 6.54 Å². The first-order chi connectivity index (χ1) is 6.67. The van der Waals surface area contributed by atoms with Crippen molar-refractivity contribution in [2.45, 2.75) is 31.5 Å². The number of halogens is 1. The van der Waals surface area contributed by atoms with Crippen molar-refractivity contribution in [1.82, 2.24) is 5.32 Å². The molecule has 2 atom stereocenters. The van der Waals surface area contributed by atoms with E-state index >= 15 is 0 Å². The van der Waals surface area contributed by atoms with Crippen LogP contribution in [0.2, 0.25) is 0 Å². The molecule has 1 aromatic rings. The number of piperidine rings is 1. The maximum Gasteiger partial charge on any atom is 0.120 e. The molecule has 1 heterocycles. The van der Waals surface area contributed by atoms with Gasteiger partial charge in [-0.3, -0.25) is 0 Å². The lowest BCUT2D eigenvalue weighted by Crippen LogP contribution is -2.41. The van der Waals surface area contributed by atoms with Gasteiger partial charge in [-0.2, -0.15) is 0 Å². The summed E-state index contributed by atoms with van der Waals surface area (Å²) in [5, 5.41) is 3.25. The molecule has 0 amide bonds. The predicted octanol–water partition coefficient (Wildman–Crippen LogP) is 2.84. The zero-order valence-electron chi connectivity index (χ0n) is 8.46. The molecule has 1 nitrogen and oxygen atoms in total. The second-order valence-electron chi connectivity index (χ2n) is 4.30. The molecular formula is C12H16FN. The van der Waals surface area contributed by atoms with Crippen LogP contribution in [0, 0.1) is 0 Å². The highest BCUT2D eigenvalue weighted by Gasteiger charge is 2.30. The largest absolute Gasteiger partial charge is 0.307 e. The number of rotatable bonds is 1. The molecular weight excluding hydrogens is 177 g/mol. The summed E-state index contributed by atoms with van der Waals surface area (Å²) in [5.41, 5.74) is 0.244. The Kier molecular flexibility index (Phi) is 2.55. The Morgan fingerprint density at radius 1 is 1.36 bits per heavy atom. The van der Waals surface area contributed by atoms with E-state index in [1.807, 2.05) is 18.2 Å². The van der Waals surface area contributed by atoms with Crippen LogP contribution in [0.3, 0.4) is 0 Å². The number of alkyl halides is 1. The van der Waals surface area contributed by atoms with Crippen molar-refractivity contribution >= 4 is 0 Å². The van der Waals surface area contributed by atoms with Crippen molar-refractivity contribution in [1.29, 1.82) is 0 Å². The van der Waals surface area contributed by atoms with E-state index in [0.29, 0.717) is 19.0 Å². The quantitative estimate of drug-likeness (QED) is 0.723. The molecule has 2 heteroatoms. The number of nitrogens with one attached hydrogen (secondary N) is 1. The zero-order valence-corrected chi connectivity index (χ0v) is 8.46. The molecule has 1 aromatic carbocycles. The second kappa shape index (κ2) is 3.70. The molecule has 1 aliphatic heterocycles. The molecule has 2 rings (SSSR count). The average molecular weight is 193 g/mol. The van der Waals surface area contributed by atoms with Crippen molar-refractivity contribution < 1.29 is 4.39 Å². The third kappa shape index (κ3) is 2.13. The van der Waals surface area contributed by atoms with Crippen LogP contribution >= 0.6 is 0 Å². The minimum absolute atomic E-state index is 0.333. The SMILES string of the molecule is C[C@]1(F)CC[C@@H](c2ccccc2)NC1. The maximum atomic E-state index is 13.5. The van der Waals surface area contributed by atoms with E-state index in [4.69, 9.17) is 0 Å². The first-order valence-corrected chi connectivity index (χ1v) is 5.15. The van der Waals surface area contributed by atoms with Crippen LogP contribution in [0.5, 0.6) is 0 Å². The molecule has 1 fully saturated rings. The summed E-state index contributed by atoms with van der Waals surface area (Å²) in [4.78, 5) is 0. The highest BCUT2D eigenvalue weighted by Crippen LogP contribution is 2.29. The van der Waals surface area contributed by atoms with Gasteiger partial charge in [-0.05, 0) is 25.3 Å². The summed E-state index contributed by atoms with van der Waals surface area (Å²) in [6.45, 7) is 2.13. The van der Waals surface area contributed by atoms with Crippen LogP contribution < -0.4 is 5.32 Å². The summed E-state index contributed by atoms with van der Waals surface area (Å²) in [6.07, 6.45) is 1.54. The van der Waals surface area contributed by atoms with Gasteiger partial charge in [-0.15, -0.1) is 0 Å². The standard InChI is InChI=1S/C12H16FN/c1-12(13)8-7-11(14-9-12)10-5-3-2-4-6-10/h2-6,11,14H,7-9H2,1H3/t11-,12-/m0/s1. The topological polar surface area (TPSA) is 12.0 Å². The first kappa shape index (κ1) is 9.66. The molecule has 0 aliphatic carbocycles. The van der Waals surface area contributed by atoms with Gasteiger partial charge in [-0.25, -0.2) is 4.39 Å². The van der Waals surface area contributed by atoms with E-state index in [-0.39, 0.29) is 0 Å². The van der Waals surface area contributed by atoms with E-state index in [0.717, 1.165) is 6.42 Å². The molecule has 1 N–H and O–H groups in total. The fraction of sp³-hybridized carbons (Fsp3) is 0.500. The van der Waals surface area contributed by atoms with Crippen LogP contribution in [-0.2, 0) is 0 Å². The van der Waals surface area contributed by atoms with E-state index in [1.54, 1.807) is 6.92 Å². The molecule has 0 aromatic heterocycles. The van der Waals surface area contributed by atoms with Crippen LogP contribution in [0.4, 0.5) is 4.39 Å². The minimum Gasteiger partial charge on any atom is -0.307 e. The smallest absolute Gasteiger partial charge is 0.120 e. The van der Waals surface area contributed by atoms with Gasteiger partial charge in [0.1, 0.15) is 5.67 Å². The Bertz CT molecular complexity index is 284. The van der Waals surface area contributed by atoms with Gasteiger partial charge in [0.05, 0.1) is 0 Å². The molecule has 0 bridgehead atoms. The highest BCUT2D eigenvalue weighted by molar-refractivity contribution is 5.19. The minimum atomic E-state index is -1.02. The van der Waals surface area contributed by atoms with Crippen LogP contribution in [0.15, 0.2) is 30.3 Å². The predicted molar refractivity (Wildman–Crippen MR) is 55.9 cm³/mol. The number of benzene rings is 1. The van der Waals surface area contributed by atoms with Gasteiger partial charge in [0.25, 0.3) is 0 Å². The van der Waals surface area contributed by atoms with E-state index < -0.39 is 5.67 Å². The molecule has 1 saturated heterocycles. The van der Waals surface area contributed by atoms with Crippen LogP contribution in [0.1, 0.15) is 31.4 Å². The van der Waals surface area contributed by atoms with Crippen molar-refractivity contribution in [3.63, 3.8) is 0 Å². The Hall–Kier alpha value is -0.890. The number of hydrogen-bond acceptors (Lipinski definition) is 1. The summed E-state index contributed by atoms with van der Waals surface area (Å²) in [6, 6.07) is 10.6. The number of hydrogen-bond donors (Lipinski definition) is 1. The van der Waals surface area contributed by atoms with Gasteiger partial charge >= 0.3 is 0 Å². The monoisotopic (exact) mass is 193 g/mol.